The lowest BCUT2D eigenvalue weighted by atomic mass is 9.35. The largest absolute Gasteiger partial charge is 0.459 e. The average molecular weight is 513 g/mol. The Labute approximate surface area is 225 Å². The number of esters is 1. The summed E-state index contributed by atoms with van der Waals surface area (Å²) in [6.07, 6.45) is 9.02. The molecule has 4 saturated carbocycles. The molecule has 0 aromatic heterocycles. The van der Waals surface area contributed by atoms with Crippen LogP contribution in [0.2, 0.25) is 0 Å². The molecule has 10 atom stereocenters. The van der Waals surface area contributed by atoms with E-state index in [1.165, 1.54) is 38.2 Å². The smallest absolute Gasteiger partial charge is 0.303 e. The van der Waals surface area contributed by atoms with Crippen LogP contribution in [0.3, 0.4) is 0 Å². The van der Waals surface area contributed by atoms with Crippen LogP contribution in [0, 0.1) is 50.2 Å². The number of allylic oxidation sites excluding steroid dienone is 3. The summed E-state index contributed by atoms with van der Waals surface area (Å²) in [5, 5.41) is 23.2. The zero-order valence-electron chi connectivity index (χ0n) is 25.1. The highest BCUT2D eigenvalue weighted by atomic mass is 16.6. The summed E-state index contributed by atoms with van der Waals surface area (Å²) in [5.74, 6) is 0.886. The van der Waals surface area contributed by atoms with E-state index < -0.39 is 35.1 Å². The Morgan fingerprint density at radius 2 is 1.51 bits per heavy atom. The Morgan fingerprint density at radius 1 is 0.892 bits per heavy atom. The molecule has 208 valence electrons. The number of rotatable bonds is 1. The second-order valence-electron chi connectivity index (χ2n) is 15.9. The minimum absolute atomic E-state index is 0.0263. The number of aliphatic hydroxyl groups is 2. The van der Waals surface area contributed by atoms with E-state index in [0.717, 1.165) is 12.8 Å². The van der Waals surface area contributed by atoms with E-state index in [0.29, 0.717) is 22.7 Å². The van der Waals surface area contributed by atoms with Gasteiger partial charge in [0.15, 0.2) is 0 Å². The van der Waals surface area contributed by atoms with Crippen LogP contribution in [0.1, 0.15) is 108 Å². The normalized spacial score (nSPS) is 51.9. The summed E-state index contributed by atoms with van der Waals surface area (Å²) in [7, 11) is 0. The fourth-order valence-corrected chi connectivity index (χ4v) is 10.7. The lowest BCUT2D eigenvalue weighted by molar-refractivity contribution is -0.238. The van der Waals surface area contributed by atoms with Crippen molar-refractivity contribution in [2.45, 2.75) is 126 Å². The van der Waals surface area contributed by atoms with Crippen molar-refractivity contribution in [2.24, 2.45) is 50.2 Å². The van der Waals surface area contributed by atoms with Gasteiger partial charge in [-0.05, 0) is 77.9 Å². The van der Waals surface area contributed by atoms with Crippen molar-refractivity contribution in [2.75, 3.05) is 0 Å². The number of hydrogen-bond acceptors (Lipinski definition) is 4. The van der Waals surface area contributed by atoms with Gasteiger partial charge in [-0.1, -0.05) is 85.6 Å². The highest BCUT2D eigenvalue weighted by Crippen LogP contribution is 2.75. The van der Waals surface area contributed by atoms with E-state index in [1.54, 1.807) is 5.57 Å². The maximum atomic E-state index is 11.9. The van der Waals surface area contributed by atoms with Crippen molar-refractivity contribution in [3.05, 3.63) is 23.3 Å². The van der Waals surface area contributed by atoms with Crippen LogP contribution in [0.4, 0.5) is 0 Å². The first kappa shape index (κ1) is 27.4. The quantitative estimate of drug-likeness (QED) is 0.377. The number of ether oxygens (including phenoxy) is 1. The number of carbonyl (C=O) groups excluding carboxylic acids is 1. The minimum Gasteiger partial charge on any atom is -0.459 e. The molecule has 4 heteroatoms. The highest BCUT2D eigenvalue weighted by molar-refractivity contribution is 5.66. The summed E-state index contributed by atoms with van der Waals surface area (Å²) in [4.78, 5) is 11.9. The molecule has 5 aliphatic rings. The molecule has 0 heterocycles. The molecular formula is C33H52O4. The van der Waals surface area contributed by atoms with Crippen LogP contribution in [-0.2, 0) is 9.53 Å². The molecule has 2 N–H and O–H groups in total. The first-order chi connectivity index (χ1) is 16.9. The molecule has 0 radical (unpaired) electrons. The zero-order chi connectivity index (χ0) is 27.6. The summed E-state index contributed by atoms with van der Waals surface area (Å²) in [6, 6.07) is 0. The van der Waals surface area contributed by atoms with Gasteiger partial charge in [-0.25, -0.2) is 0 Å². The molecule has 0 aromatic carbocycles. The van der Waals surface area contributed by atoms with Gasteiger partial charge in [0.25, 0.3) is 0 Å². The molecule has 0 spiro atoms. The van der Waals surface area contributed by atoms with Crippen LogP contribution in [0.25, 0.3) is 0 Å². The lowest BCUT2D eigenvalue weighted by Gasteiger charge is -2.70. The van der Waals surface area contributed by atoms with Gasteiger partial charge >= 0.3 is 5.97 Å². The second kappa shape index (κ2) is 7.96. The van der Waals surface area contributed by atoms with Gasteiger partial charge in [0.05, 0.1) is 6.10 Å². The third-order valence-corrected chi connectivity index (χ3v) is 13.6. The minimum atomic E-state index is -1.12. The van der Waals surface area contributed by atoms with E-state index in [9.17, 15) is 15.0 Å². The van der Waals surface area contributed by atoms with E-state index in [4.69, 9.17) is 4.74 Å². The Kier molecular flexibility index (Phi) is 5.91. The number of aliphatic hydroxyl groups excluding tert-OH is 2. The van der Waals surface area contributed by atoms with Crippen molar-refractivity contribution in [3.8, 4) is 0 Å². The molecular weight excluding hydrogens is 460 g/mol. The summed E-state index contributed by atoms with van der Waals surface area (Å²) < 4.78 is 5.67. The fourth-order valence-electron chi connectivity index (χ4n) is 10.7. The summed E-state index contributed by atoms with van der Waals surface area (Å²) in [5.41, 5.74) is 2.51. The molecule has 0 amide bonds. The van der Waals surface area contributed by atoms with Gasteiger partial charge in [0.1, 0.15) is 12.2 Å². The first-order valence-electron chi connectivity index (χ1n) is 14.8. The molecule has 4 nitrogen and oxygen atoms in total. The SMILES string of the molecule is CC(=O)OC1C(O)C(O)C2(C)C3=CC=C4C5C(C)C(C)(C)CCC5(C)CCC4(C)C3(C)CCC2C1(C)C. The fraction of sp³-hybridized carbons (Fsp3) is 0.848. The molecule has 0 saturated heterocycles. The Bertz CT molecular complexity index is 1050. The third kappa shape index (κ3) is 3.30. The van der Waals surface area contributed by atoms with Crippen LogP contribution < -0.4 is 0 Å². The van der Waals surface area contributed by atoms with Gasteiger partial charge in [-0.3, -0.25) is 4.79 Å². The van der Waals surface area contributed by atoms with E-state index in [-0.39, 0.29) is 16.7 Å². The third-order valence-electron chi connectivity index (χ3n) is 13.6. The molecule has 0 aromatic rings. The molecule has 10 unspecified atom stereocenters. The molecule has 5 rings (SSSR count). The van der Waals surface area contributed by atoms with Crippen LogP contribution >= 0.6 is 0 Å². The maximum absolute atomic E-state index is 11.9. The molecule has 4 fully saturated rings. The first-order valence-corrected chi connectivity index (χ1v) is 14.8. The number of fused-ring (bicyclic) bond motifs is 7. The number of carbonyl (C=O) groups is 1. The molecule has 5 aliphatic carbocycles. The van der Waals surface area contributed by atoms with E-state index in [1.807, 2.05) is 0 Å². The standard InChI is InChI=1S/C33H52O4/c1-19-24-21-11-12-23-32(9,31(21,8)18-17-30(24,7)16-15-28(19,3)4)14-13-22-29(5,6)27(37-20(2)34)25(35)26(36)33(22,23)10/h11-12,19,22,24-27,35-36H,13-18H2,1-10H3. The van der Waals surface area contributed by atoms with Crippen LogP contribution in [0.15, 0.2) is 23.3 Å². The van der Waals surface area contributed by atoms with Crippen LogP contribution in [-0.4, -0.2) is 34.5 Å². The van der Waals surface area contributed by atoms with Crippen LogP contribution in [0.5, 0.6) is 0 Å². The van der Waals surface area contributed by atoms with Gasteiger partial charge in [0.2, 0.25) is 0 Å². The summed E-state index contributed by atoms with van der Waals surface area (Å²) in [6.45, 7) is 22.7. The maximum Gasteiger partial charge on any atom is 0.303 e. The zero-order valence-corrected chi connectivity index (χ0v) is 25.1. The Balaban J connectivity index is 1.65. The number of hydrogen-bond donors (Lipinski definition) is 2. The topological polar surface area (TPSA) is 66.8 Å². The van der Waals surface area contributed by atoms with Gasteiger partial charge in [-0.15, -0.1) is 0 Å². The Hall–Kier alpha value is -1.13. The Morgan fingerprint density at radius 3 is 2.14 bits per heavy atom. The molecule has 37 heavy (non-hydrogen) atoms. The van der Waals surface area contributed by atoms with Crippen molar-refractivity contribution in [1.82, 2.24) is 0 Å². The molecule has 0 bridgehead atoms. The van der Waals surface area contributed by atoms with Gasteiger partial charge in [0, 0.05) is 17.8 Å². The highest BCUT2D eigenvalue weighted by Gasteiger charge is 2.70. The van der Waals surface area contributed by atoms with Crippen molar-refractivity contribution in [3.63, 3.8) is 0 Å². The van der Waals surface area contributed by atoms with Gasteiger partial charge in [-0.2, -0.15) is 0 Å². The predicted molar refractivity (Wildman–Crippen MR) is 148 cm³/mol. The van der Waals surface area contributed by atoms with Crippen molar-refractivity contribution < 1.29 is 19.7 Å². The summed E-state index contributed by atoms with van der Waals surface area (Å²) >= 11 is 0. The van der Waals surface area contributed by atoms with Crippen molar-refractivity contribution >= 4 is 5.97 Å². The average Bonchev–Trinajstić information content (AvgIpc) is 2.79. The predicted octanol–water partition coefficient (Wildman–Crippen LogP) is 6.85. The van der Waals surface area contributed by atoms with E-state index >= 15 is 0 Å². The molecule has 0 aliphatic heterocycles. The monoisotopic (exact) mass is 512 g/mol. The van der Waals surface area contributed by atoms with Gasteiger partial charge < -0.3 is 14.9 Å². The lowest BCUT2D eigenvalue weighted by Crippen LogP contribution is -2.69. The van der Waals surface area contributed by atoms with E-state index in [2.05, 4.69) is 74.5 Å². The second-order valence-corrected chi connectivity index (χ2v) is 15.9. The van der Waals surface area contributed by atoms with Crippen molar-refractivity contribution in [1.29, 1.82) is 0 Å².